The van der Waals surface area contributed by atoms with Gasteiger partial charge in [-0.2, -0.15) is 0 Å². The second kappa shape index (κ2) is 6.17. The van der Waals surface area contributed by atoms with Gasteiger partial charge in [-0.15, -0.1) is 11.8 Å². The third-order valence-electron chi connectivity index (χ3n) is 4.17. The van der Waals surface area contributed by atoms with Crippen LogP contribution in [0.15, 0.2) is 48.8 Å². The van der Waals surface area contributed by atoms with E-state index >= 15 is 0 Å². The minimum absolute atomic E-state index is 0.175. The highest BCUT2D eigenvalue weighted by atomic mass is 32.2. The van der Waals surface area contributed by atoms with Gasteiger partial charge < -0.3 is 10.3 Å². The van der Waals surface area contributed by atoms with Crippen molar-refractivity contribution in [2.45, 2.75) is 12.7 Å². The van der Waals surface area contributed by atoms with Crippen LogP contribution in [0.2, 0.25) is 0 Å². The fraction of sp³-hybridized carbons (Fsp3) is 0.158. The summed E-state index contributed by atoms with van der Waals surface area (Å²) in [6.45, 7) is 2.03. The molecule has 2 N–H and O–H groups in total. The predicted molar refractivity (Wildman–Crippen MR) is 99.0 cm³/mol. The summed E-state index contributed by atoms with van der Waals surface area (Å²) in [7, 11) is 0. The number of hydrogen-bond donors (Lipinski definition) is 2. The Morgan fingerprint density at radius 1 is 1.17 bits per heavy atom. The van der Waals surface area contributed by atoms with Gasteiger partial charge >= 0.3 is 0 Å². The molecule has 0 saturated heterocycles. The summed E-state index contributed by atoms with van der Waals surface area (Å²) in [5.74, 6) is 1.53. The van der Waals surface area contributed by atoms with Crippen molar-refractivity contribution in [2.24, 2.45) is 0 Å². The Morgan fingerprint density at radius 2 is 2.00 bits per heavy atom. The fourth-order valence-electron chi connectivity index (χ4n) is 3.03. The zero-order valence-electron chi connectivity index (χ0n) is 13.3. The number of Topliss-reactive ketones (excluding diaryl/α,β-unsaturated/α-hetero) is 1. The first kappa shape index (κ1) is 15.0. The topological polar surface area (TPSA) is 57.8 Å². The molecule has 2 aromatic heterocycles. The number of aryl methyl sites for hydroxylation is 1. The lowest BCUT2D eigenvalue weighted by molar-refractivity contribution is 0.102. The van der Waals surface area contributed by atoms with Crippen LogP contribution in [0.3, 0.4) is 0 Å². The van der Waals surface area contributed by atoms with Crippen molar-refractivity contribution in [3.63, 3.8) is 0 Å². The van der Waals surface area contributed by atoms with E-state index < -0.39 is 0 Å². The van der Waals surface area contributed by atoms with Crippen molar-refractivity contribution in [1.82, 2.24) is 9.97 Å². The van der Waals surface area contributed by atoms with Crippen LogP contribution in [0, 0.1) is 6.92 Å². The molecule has 3 heterocycles. The van der Waals surface area contributed by atoms with Gasteiger partial charge in [-0.05, 0) is 30.7 Å². The highest BCUT2D eigenvalue weighted by molar-refractivity contribution is 7.99. The molecule has 0 aliphatic carbocycles. The highest BCUT2D eigenvalue weighted by Gasteiger charge is 2.27. The number of pyridine rings is 1. The maximum absolute atomic E-state index is 12.5. The van der Waals surface area contributed by atoms with Crippen LogP contribution in [0.5, 0.6) is 0 Å². The van der Waals surface area contributed by atoms with Crippen molar-refractivity contribution in [1.29, 1.82) is 0 Å². The average Bonchev–Trinajstić information content (AvgIpc) is 2.96. The number of aromatic amines is 1. The third kappa shape index (κ3) is 2.61. The number of hydrogen-bond acceptors (Lipinski definition) is 4. The van der Waals surface area contributed by atoms with Crippen LogP contribution in [-0.2, 0) is 5.75 Å². The third-order valence-corrected chi connectivity index (χ3v) is 5.13. The van der Waals surface area contributed by atoms with Gasteiger partial charge in [0.2, 0.25) is 0 Å². The second-order valence-corrected chi connectivity index (χ2v) is 6.81. The van der Waals surface area contributed by atoms with Gasteiger partial charge in [-0.1, -0.05) is 18.2 Å². The number of rotatable bonds is 3. The van der Waals surface area contributed by atoms with E-state index in [2.05, 4.69) is 15.3 Å². The number of anilines is 2. The molecule has 0 fully saturated rings. The molecule has 4 nitrogen and oxygen atoms in total. The Balaban J connectivity index is 1.90. The van der Waals surface area contributed by atoms with Crippen molar-refractivity contribution in [2.75, 3.05) is 11.1 Å². The Kier molecular flexibility index (Phi) is 3.86. The molecular weight excluding hydrogens is 318 g/mol. The van der Waals surface area contributed by atoms with E-state index in [0.717, 1.165) is 45.2 Å². The number of nitrogens with one attached hydrogen (secondary N) is 2. The zero-order valence-corrected chi connectivity index (χ0v) is 14.1. The van der Waals surface area contributed by atoms with Gasteiger partial charge in [0.15, 0.2) is 5.78 Å². The van der Waals surface area contributed by atoms with E-state index in [0.29, 0.717) is 5.75 Å². The normalized spacial score (nSPS) is 13.6. The van der Waals surface area contributed by atoms with Crippen molar-refractivity contribution >= 4 is 28.9 Å². The molecule has 0 saturated carbocycles. The van der Waals surface area contributed by atoms with Gasteiger partial charge in [-0.3, -0.25) is 9.78 Å². The first-order valence-corrected chi connectivity index (χ1v) is 8.98. The molecular formula is C19H17N3OS. The molecule has 4 rings (SSSR count). The number of carbonyl (C=O) groups is 1. The summed E-state index contributed by atoms with van der Waals surface area (Å²) >= 11 is 1.65. The van der Waals surface area contributed by atoms with Crippen molar-refractivity contribution in [3.8, 4) is 11.3 Å². The number of benzene rings is 1. The standard InChI is InChI=1S/C19H17N3OS/c1-12-9-20-8-7-14(12)18-19(21-13-5-3-2-4-6-13)17-15(22-18)10-24-11-16(17)23/h2-9,21-22H,10-11H2,1H3. The van der Waals surface area contributed by atoms with Gasteiger partial charge in [0.25, 0.3) is 0 Å². The van der Waals surface area contributed by atoms with Gasteiger partial charge in [0.1, 0.15) is 0 Å². The summed E-state index contributed by atoms with van der Waals surface area (Å²) in [5, 5.41) is 3.46. The Hall–Kier alpha value is -2.53. The van der Waals surface area contributed by atoms with Crippen LogP contribution < -0.4 is 5.32 Å². The maximum atomic E-state index is 12.5. The first-order valence-electron chi connectivity index (χ1n) is 7.83. The summed E-state index contributed by atoms with van der Waals surface area (Å²) in [6.07, 6.45) is 3.63. The predicted octanol–water partition coefficient (Wildman–Crippen LogP) is 4.56. The molecule has 0 amide bonds. The molecule has 3 aromatic rings. The fourth-order valence-corrected chi connectivity index (χ4v) is 3.88. The number of fused-ring (bicyclic) bond motifs is 1. The number of thioether (sulfide) groups is 1. The van der Waals surface area contributed by atoms with Crippen molar-refractivity contribution < 1.29 is 4.79 Å². The van der Waals surface area contributed by atoms with Gasteiger partial charge in [0, 0.05) is 35.1 Å². The van der Waals surface area contributed by atoms with E-state index in [1.165, 1.54) is 0 Å². The van der Waals surface area contributed by atoms with Crippen LogP contribution in [0.1, 0.15) is 21.6 Å². The Bertz CT molecular complexity index is 902. The smallest absolute Gasteiger partial charge is 0.176 e. The number of carbonyl (C=O) groups excluding carboxylic acids is 1. The summed E-state index contributed by atoms with van der Waals surface area (Å²) < 4.78 is 0. The lowest BCUT2D eigenvalue weighted by atomic mass is 10.0. The average molecular weight is 335 g/mol. The lowest BCUT2D eigenvalue weighted by Crippen LogP contribution is -2.11. The number of aromatic nitrogens is 2. The number of nitrogens with zero attached hydrogens (tertiary/aromatic N) is 1. The zero-order chi connectivity index (χ0) is 16.5. The van der Waals surface area contributed by atoms with Gasteiger partial charge in [-0.25, -0.2) is 0 Å². The summed E-state index contributed by atoms with van der Waals surface area (Å²) in [6, 6.07) is 11.9. The van der Waals surface area contributed by atoms with E-state index in [1.807, 2.05) is 49.5 Å². The minimum atomic E-state index is 0.175. The van der Waals surface area contributed by atoms with E-state index in [9.17, 15) is 4.79 Å². The summed E-state index contributed by atoms with van der Waals surface area (Å²) in [4.78, 5) is 20.2. The maximum Gasteiger partial charge on any atom is 0.176 e. The number of H-pyrrole nitrogens is 1. The van der Waals surface area contributed by atoms with Crippen molar-refractivity contribution in [3.05, 3.63) is 65.6 Å². The molecule has 1 aliphatic heterocycles. The minimum Gasteiger partial charge on any atom is -0.355 e. The number of ketones is 1. The van der Waals surface area contributed by atoms with E-state index in [-0.39, 0.29) is 5.78 Å². The molecule has 24 heavy (non-hydrogen) atoms. The Labute approximate surface area is 144 Å². The van der Waals surface area contributed by atoms with Gasteiger partial charge in [0.05, 0.1) is 22.7 Å². The van der Waals surface area contributed by atoms with Crippen LogP contribution >= 0.6 is 11.8 Å². The first-order chi connectivity index (χ1) is 11.7. The summed E-state index contributed by atoms with van der Waals surface area (Å²) in [5.41, 5.74) is 6.74. The molecule has 5 heteroatoms. The molecule has 1 aliphatic rings. The molecule has 0 spiro atoms. The highest BCUT2D eigenvalue weighted by Crippen LogP contribution is 2.40. The molecule has 0 atom stereocenters. The van der Waals surface area contributed by atoms with Crippen LogP contribution in [-0.4, -0.2) is 21.5 Å². The van der Waals surface area contributed by atoms with Crippen LogP contribution in [0.4, 0.5) is 11.4 Å². The number of para-hydroxylation sites is 1. The molecule has 1 aromatic carbocycles. The van der Waals surface area contributed by atoms with Crippen LogP contribution in [0.25, 0.3) is 11.3 Å². The monoisotopic (exact) mass is 335 g/mol. The van der Waals surface area contributed by atoms with E-state index in [4.69, 9.17) is 0 Å². The SMILES string of the molecule is Cc1cnccc1-c1[nH]c2c(c1Nc1ccccc1)C(=O)CSC2. The molecule has 0 radical (unpaired) electrons. The quantitative estimate of drug-likeness (QED) is 0.737. The Morgan fingerprint density at radius 3 is 2.79 bits per heavy atom. The lowest BCUT2D eigenvalue weighted by Gasteiger charge is -2.14. The molecule has 0 bridgehead atoms. The molecule has 0 unspecified atom stereocenters. The largest absolute Gasteiger partial charge is 0.355 e. The second-order valence-electron chi connectivity index (χ2n) is 5.83. The van der Waals surface area contributed by atoms with E-state index in [1.54, 1.807) is 18.0 Å². The molecule has 120 valence electrons.